The average molecular weight is 279 g/mol. The highest BCUT2D eigenvalue weighted by Gasteiger charge is 2.25. The van der Waals surface area contributed by atoms with Crippen LogP contribution in [-0.2, 0) is 0 Å². The molecular weight excluding hydrogens is 262 g/mol. The predicted molar refractivity (Wildman–Crippen MR) is 74.2 cm³/mol. The van der Waals surface area contributed by atoms with Gasteiger partial charge in [0.1, 0.15) is 5.69 Å². The van der Waals surface area contributed by atoms with Gasteiger partial charge < -0.3 is 15.3 Å². The molecule has 0 atom stereocenters. The van der Waals surface area contributed by atoms with Gasteiger partial charge in [-0.25, -0.2) is 4.79 Å². The van der Waals surface area contributed by atoms with Crippen LogP contribution < -0.4 is 5.32 Å². The summed E-state index contributed by atoms with van der Waals surface area (Å²) in [4.78, 5) is 23.5. The molecule has 2 rings (SSSR count). The van der Waals surface area contributed by atoms with Crippen molar-refractivity contribution < 1.29 is 14.8 Å². The Morgan fingerprint density at radius 3 is 2.80 bits per heavy atom. The number of nitrogens with one attached hydrogen (secondary N) is 1. The first kappa shape index (κ1) is 14.3. The molecule has 1 aromatic carbocycles. The highest BCUT2D eigenvalue weighted by Crippen LogP contribution is 2.27. The van der Waals surface area contributed by atoms with E-state index in [1.54, 1.807) is 0 Å². The summed E-state index contributed by atoms with van der Waals surface area (Å²) >= 11 is 0. The maximum Gasteiger partial charge on any atom is 0.335 e. The number of benzene rings is 1. The molecule has 7 nitrogen and oxygen atoms in total. The molecule has 108 valence electrons. The summed E-state index contributed by atoms with van der Waals surface area (Å²) < 4.78 is 0. The number of rotatable bonds is 7. The normalized spacial score (nSPS) is 14.3. The molecule has 7 heteroatoms. The van der Waals surface area contributed by atoms with E-state index in [0.29, 0.717) is 12.6 Å². The number of likely N-dealkylation sites (N-methyl/N-ethyl adjacent to an activating group) is 1. The zero-order chi connectivity index (χ0) is 14.7. The average Bonchev–Trinajstić information content (AvgIpc) is 3.22. The topological polar surface area (TPSA) is 95.7 Å². The van der Waals surface area contributed by atoms with Gasteiger partial charge in [0.05, 0.1) is 10.5 Å². The fraction of sp³-hybridized carbons (Fsp3) is 0.462. The molecule has 1 fully saturated rings. The van der Waals surface area contributed by atoms with Crippen molar-refractivity contribution >= 4 is 17.3 Å². The monoisotopic (exact) mass is 279 g/mol. The van der Waals surface area contributed by atoms with E-state index in [2.05, 4.69) is 10.2 Å². The van der Waals surface area contributed by atoms with Gasteiger partial charge in [-0.3, -0.25) is 10.1 Å². The first-order chi connectivity index (χ1) is 9.49. The SMILES string of the molecule is CN(CCNc1cc(C(=O)O)ccc1[N+](=O)[O-])C1CC1. The van der Waals surface area contributed by atoms with Crippen LogP contribution in [0, 0.1) is 10.1 Å². The molecule has 0 unspecified atom stereocenters. The summed E-state index contributed by atoms with van der Waals surface area (Å²) in [5.41, 5.74) is 0.178. The molecule has 1 saturated carbocycles. The fourth-order valence-corrected chi connectivity index (χ4v) is 2.03. The predicted octanol–water partition coefficient (Wildman–Crippen LogP) is 1.80. The molecule has 0 bridgehead atoms. The van der Waals surface area contributed by atoms with Gasteiger partial charge in [-0.15, -0.1) is 0 Å². The number of carbonyl (C=O) groups is 1. The number of hydrogen-bond acceptors (Lipinski definition) is 5. The second kappa shape index (κ2) is 5.87. The van der Waals surface area contributed by atoms with E-state index in [1.165, 1.54) is 31.0 Å². The molecule has 0 amide bonds. The minimum absolute atomic E-state index is 0.0358. The van der Waals surface area contributed by atoms with Gasteiger partial charge in [-0.1, -0.05) is 0 Å². The van der Waals surface area contributed by atoms with Crippen molar-refractivity contribution in [2.24, 2.45) is 0 Å². The maximum atomic E-state index is 10.9. The second-order valence-corrected chi connectivity index (χ2v) is 4.93. The minimum Gasteiger partial charge on any atom is -0.478 e. The number of nitro benzene ring substituents is 1. The molecule has 0 saturated heterocycles. The van der Waals surface area contributed by atoms with Crippen LogP contribution in [0.4, 0.5) is 11.4 Å². The molecule has 0 radical (unpaired) electrons. The van der Waals surface area contributed by atoms with Gasteiger partial charge in [-0.2, -0.15) is 0 Å². The fourth-order valence-electron chi connectivity index (χ4n) is 2.03. The van der Waals surface area contributed by atoms with Crippen LogP contribution in [0.15, 0.2) is 18.2 Å². The number of carboxylic acids is 1. The van der Waals surface area contributed by atoms with Crippen LogP contribution in [0.2, 0.25) is 0 Å². The van der Waals surface area contributed by atoms with Crippen LogP contribution in [0.5, 0.6) is 0 Å². The van der Waals surface area contributed by atoms with Crippen molar-refractivity contribution in [2.45, 2.75) is 18.9 Å². The van der Waals surface area contributed by atoms with Crippen LogP contribution >= 0.6 is 0 Å². The van der Waals surface area contributed by atoms with Crippen LogP contribution in [0.3, 0.4) is 0 Å². The van der Waals surface area contributed by atoms with E-state index >= 15 is 0 Å². The molecular formula is C13H17N3O4. The lowest BCUT2D eigenvalue weighted by Gasteiger charge is -2.16. The Labute approximate surface area is 116 Å². The number of aromatic carboxylic acids is 1. The van der Waals surface area contributed by atoms with Crippen molar-refractivity contribution in [2.75, 3.05) is 25.5 Å². The van der Waals surface area contributed by atoms with E-state index in [9.17, 15) is 14.9 Å². The smallest absolute Gasteiger partial charge is 0.335 e. The van der Waals surface area contributed by atoms with Gasteiger partial charge in [0.2, 0.25) is 0 Å². The molecule has 20 heavy (non-hydrogen) atoms. The maximum absolute atomic E-state index is 10.9. The van der Waals surface area contributed by atoms with Crippen molar-refractivity contribution in [1.82, 2.24) is 4.90 Å². The lowest BCUT2D eigenvalue weighted by atomic mass is 10.1. The van der Waals surface area contributed by atoms with Gasteiger partial charge in [0.25, 0.3) is 5.69 Å². The molecule has 1 aromatic rings. The van der Waals surface area contributed by atoms with Crippen LogP contribution in [0.25, 0.3) is 0 Å². The third kappa shape index (κ3) is 3.45. The van der Waals surface area contributed by atoms with Crippen LogP contribution in [0.1, 0.15) is 23.2 Å². The summed E-state index contributed by atoms with van der Waals surface area (Å²) in [7, 11) is 2.02. The largest absolute Gasteiger partial charge is 0.478 e. The van der Waals surface area contributed by atoms with Crippen LogP contribution in [-0.4, -0.2) is 47.1 Å². The Morgan fingerprint density at radius 2 is 2.25 bits per heavy atom. The minimum atomic E-state index is -1.10. The molecule has 0 aliphatic heterocycles. The zero-order valence-electron chi connectivity index (χ0n) is 11.2. The third-order valence-electron chi connectivity index (χ3n) is 3.39. The Bertz CT molecular complexity index is 528. The standard InChI is InChI=1S/C13H17N3O4/c1-15(10-3-4-10)7-6-14-11-8-9(13(17)18)2-5-12(11)16(19)20/h2,5,8,10,14H,3-4,6-7H2,1H3,(H,17,18). The summed E-state index contributed by atoms with van der Waals surface area (Å²) in [5, 5.41) is 22.8. The van der Waals surface area contributed by atoms with Gasteiger partial charge >= 0.3 is 5.97 Å². The Hall–Kier alpha value is -2.15. The molecule has 0 aromatic heterocycles. The summed E-state index contributed by atoms with van der Waals surface area (Å²) in [6.45, 7) is 1.30. The summed E-state index contributed by atoms with van der Waals surface area (Å²) in [5.74, 6) is -1.10. The number of hydrogen-bond donors (Lipinski definition) is 2. The van der Waals surface area contributed by atoms with E-state index in [1.807, 2.05) is 7.05 Å². The Balaban J connectivity index is 2.04. The first-order valence-electron chi connectivity index (χ1n) is 6.45. The highest BCUT2D eigenvalue weighted by molar-refractivity contribution is 5.90. The lowest BCUT2D eigenvalue weighted by Crippen LogP contribution is -2.27. The molecule has 0 spiro atoms. The zero-order valence-corrected chi connectivity index (χ0v) is 11.2. The summed E-state index contributed by atoms with van der Waals surface area (Å²) in [6, 6.07) is 4.38. The van der Waals surface area contributed by atoms with E-state index < -0.39 is 10.9 Å². The number of nitro groups is 1. The first-order valence-corrected chi connectivity index (χ1v) is 6.45. The second-order valence-electron chi connectivity index (χ2n) is 4.93. The molecule has 1 aliphatic carbocycles. The van der Waals surface area contributed by atoms with E-state index in [0.717, 1.165) is 6.54 Å². The van der Waals surface area contributed by atoms with Crippen molar-refractivity contribution in [1.29, 1.82) is 0 Å². The molecule has 0 heterocycles. The number of anilines is 1. The summed E-state index contributed by atoms with van der Waals surface area (Å²) in [6.07, 6.45) is 2.40. The van der Waals surface area contributed by atoms with E-state index in [4.69, 9.17) is 5.11 Å². The number of carboxylic acid groups (broad SMARTS) is 1. The Kier molecular flexibility index (Phi) is 4.19. The quantitative estimate of drug-likeness (QED) is 0.583. The molecule has 2 N–H and O–H groups in total. The van der Waals surface area contributed by atoms with Crippen molar-refractivity contribution in [3.63, 3.8) is 0 Å². The van der Waals surface area contributed by atoms with Crippen molar-refractivity contribution in [3.8, 4) is 0 Å². The highest BCUT2D eigenvalue weighted by atomic mass is 16.6. The van der Waals surface area contributed by atoms with E-state index in [-0.39, 0.29) is 16.9 Å². The molecule has 1 aliphatic rings. The van der Waals surface area contributed by atoms with Gasteiger partial charge in [0, 0.05) is 25.2 Å². The lowest BCUT2D eigenvalue weighted by molar-refractivity contribution is -0.384. The number of nitrogens with zero attached hydrogens (tertiary/aromatic N) is 2. The van der Waals surface area contributed by atoms with Gasteiger partial charge in [-0.05, 0) is 32.0 Å². The van der Waals surface area contributed by atoms with Gasteiger partial charge in [0.15, 0.2) is 0 Å². The Morgan fingerprint density at radius 1 is 1.55 bits per heavy atom. The third-order valence-corrected chi connectivity index (χ3v) is 3.39. The van der Waals surface area contributed by atoms with Crippen molar-refractivity contribution in [3.05, 3.63) is 33.9 Å².